The van der Waals surface area contributed by atoms with Crippen molar-refractivity contribution in [1.82, 2.24) is 0 Å². The fourth-order valence-electron chi connectivity index (χ4n) is 1.71. The van der Waals surface area contributed by atoms with Gasteiger partial charge >= 0.3 is 0 Å². The highest BCUT2D eigenvalue weighted by Crippen LogP contribution is 2.44. The van der Waals surface area contributed by atoms with Gasteiger partial charge in [-0.25, -0.2) is 0 Å². The zero-order chi connectivity index (χ0) is 10.6. The lowest BCUT2D eigenvalue weighted by atomic mass is 10.0. The van der Waals surface area contributed by atoms with Gasteiger partial charge in [0.25, 0.3) is 0 Å². The minimum Gasteiger partial charge on any atom is -0.300 e. The van der Waals surface area contributed by atoms with E-state index in [4.69, 9.17) is 0 Å². The lowest BCUT2D eigenvalue weighted by Crippen LogP contribution is -1.93. The molecule has 0 aromatic heterocycles. The Morgan fingerprint density at radius 2 is 2.14 bits per heavy atom. The number of Topliss-reactive ketones (excluding diaryl/α,β-unsaturated/α-hetero) is 1. The summed E-state index contributed by atoms with van der Waals surface area (Å²) in [6.07, 6.45) is 9.80. The Labute approximate surface area is 86.9 Å². The molecule has 2 aliphatic carbocycles. The van der Waals surface area contributed by atoms with Crippen LogP contribution in [0.4, 0.5) is 0 Å². The standard InChI is InChI=1S/C11H14O.C2H6/c1-8(12)2-3-9-4-5-10-7-11(10)6-9;1-2/h4-6,10-11H,2-3,7H2,1H3;1-2H3. The van der Waals surface area contributed by atoms with E-state index < -0.39 is 0 Å². The van der Waals surface area contributed by atoms with Crippen molar-refractivity contribution in [2.75, 3.05) is 0 Å². The molecule has 1 nitrogen and oxygen atoms in total. The monoisotopic (exact) mass is 192 g/mol. The van der Waals surface area contributed by atoms with Crippen LogP contribution in [-0.2, 0) is 4.79 Å². The van der Waals surface area contributed by atoms with Crippen molar-refractivity contribution in [3.05, 3.63) is 23.8 Å². The average molecular weight is 192 g/mol. The molecule has 2 rings (SSSR count). The van der Waals surface area contributed by atoms with Gasteiger partial charge in [-0.2, -0.15) is 0 Å². The van der Waals surface area contributed by atoms with Gasteiger partial charge in [0.05, 0.1) is 0 Å². The van der Waals surface area contributed by atoms with Crippen LogP contribution in [-0.4, -0.2) is 5.78 Å². The van der Waals surface area contributed by atoms with Crippen LogP contribution in [0.5, 0.6) is 0 Å². The quantitative estimate of drug-likeness (QED) is 0.668. The topological polar surface area (TPSA) is 17.1 Å². The fraction of sp³-hybridized carbons (Fsp3) is 0.615. The van der Waals surface area contributed by atoms with Crippen LogP contribution in [0.3, 0.4) is 0 Å². The average Bonchev–Trinajstić information content (AvgIpc) is 2.95. The van der Waals surface area contributed by atoms with E-state index in [0.717, 1.165) is 18.3 Å². The van der Waals surface area contributed by atoms with E-state index in [0.29, 0.717) is 12.2 Å². The number of rotatable bonds is 3. The molecule has 78 valence electrons. The maximum atomic E-state index is 10.7. The van der Waals surface area contributed by atoms with Gasteiger partial charge in [-0.1, -0.05) is 37.6 Å². The second kappa shape index (κ2) is 5.14. The molecule has 0 aromatic carbocycles. The van der Waals surface area contributed by atoms with E-state index in [1.807, 2.05) is 13.8 Å². The Morgan fingerprint density at radius 3 is 2.71 bits per heavy atom. The first-order chi connectivity index (χ1) is 6.75. The third kappa shape index (κ3) is 3.13. The van der Waals surface area contributed by atoms with Gasteiger partial charge in [0.2, 0.25) is 0 Å². The molecule has 14 heavy (non-hydrogen) atoms. The molecule has 2 aliphatic rings. The summed E-state index contributed by atoms with van der Waals surface area (Å²) < 4.78 is 0. The Hall–Kier alpha value is -0.850. The minimum atomic E-state index is 0.294. The highest BCUT2D eigenvalue weighted by atomic mass is 16.1. The molecule has 1 fully saturated rings. The maximum absolute atomic E-state index is 10.7. The molecule has 0 aliphatic heterocycles. The van der Waals surface area contributed by atoms with E-state index >= 15 is 0 Å². The molecule has 0 radical (unpaired) electrons. The smallest absolute Gasteiger partial charge is 0.130 e. The molecule has 1 heteroatoms. The summed E-state index contributed by atoms with van der Waals surface area (Å²) >= 11 is 0. The summed E-state index contributed by atoms with van der Waals surface area (Å²) in [5.74, 6) is 1.95. The summed E-state index contributed by atoms with van der Waals surface area (Å²) in [5, 5.41) is 0. The molecular formula is C13H20O. The number of hydrogen-bond donors (Lipinski definition) is 0. The summed E-state index contributed by atoms with van der Waals surface area (Å²) in [6.45, 7) is 5.66. The third-order valence-electron chi connectivity index (χ3n) is 2.64. The minimum absolute atomic E-state index is 0.294. The Kier molecular flexibility index (Phi) is 4.12. The van der Waals surface area contributed by atoms with Crippen molar-refractivity contribution in [1.29, 1.82) is 0 Å². The fourth-order valence-corrected chi connectivity index (χ4v) is 1.71. The predicted molar refractivity (Wildman–Crippen MR) is 60.1 cm³/mol. The van der Waals surface area contributed by atoms with E-state index in [-0.39, 0.29) is 0 Å². The molecule has 0 heterocycles. The molecule has 0 bridgehead atoms. The number of carbonyl (C=O) groups excluding carboxylic acids is 1. The lowest BCUT2D eigenvalue weighted by molar-refractivity contribution is -0.116. The van der Waals surface area contributed by atoms with Gasteiger partial charge in [0.15, 0.2) is 0 Å². The van der Waals surface area contributed by atoms with Gasteiger partial charge < -0.3 is 4.79 Å². The van der Waals surface area contributed by atoms with Gasteiger partial charge in [-0.3, -0.25) is 0 Å². The number of allylic oxidation sites excluding steroid dienone is 4. The van der Waals surface area contributed by atoms with Crippen molar-refractivity contribution in [2.45, 2.75) is 40.0 Å². The van der Waals surface area contributed by atoms with Crippen LogP contribution in [0.1, 0.15) is 40.0 Å². The molecule has 0 saturated heterocycles. The number of hydrogen-bond acceptors (Lipinski definition) is 1. The van der Waals surface area contributed by atoms with Crippen molar-refractivity contribution >= 4 is 5.78 Å². The molecule has 1 saturated carbocycles. The molecule has 2 atom stereocenters. The van der Waals surface area contributed by atoms with Gasteiger partial charge in [0, 0.05) is 6.42 Å². The lowest BCUT2D eigenvalue weighted by Gasteiger charge is -2.03. The zero-order valence-electron chi connectivity index (χ0n) is 9.42. The van der Waals surface area contributed by atoms with Crippen LogP contribution in [0.15, 0.2) is 23.8 Å². The van der Waals surface area contributed by atoms with E-state index in [1.54, 1.807) is 6.92 Å². The molecule has 0 N–H and O–H groups in total. The van der Waals surface area contributed by atoms with Gasteiger partial charge in [-0.05, 0) is 31.6 Å². The van der Waals surface area contributed by atoms with Crippen LogP contribution in [0.2, 0.25) is 0 Å². The van der Waals surface area contributed by atoms with Crippen molar-refractivity contribution in [3.63, 3.8) is 0 Å². The number of ketones is 1. The largest absolute Gasteiger partial charge is 0.300 e. The van der Waals surface area contributed by atoms with E-state index in [9.17, 15) is 4.79 Å². The summed E-state index contributed by atoms with van der Waals surface area (Å²) in [4.78, 5) is 10.7. The van der Waals surface area contributed by atoms with Crippen LogP contribution in [0.25, 0.3) is 0 Å². The van der Waals surface area contributed by atoms with Crippen LogP contribution < -0.4 is 0 Å². The van der Waals surface area contributed by atoms with Gasteiger partial charge in [0.1, 0.15) is 5.78 Å². The van der Waals surface area contributed by atoms with Crippen LogP contribution in [0, 0.1) is 11.8 Å². The Morgan fingerprint density at radius 1 is 1.43 bits per heavy atom. The molecule has 0 aromatic rings. The van der Waals surface area contributed by atoms with Crippen molar-refractivity contribution in [3.8, 4) is 0 Å². The predicted octanol–water partition coefficient (Wildman–Crippen LogP) is 3.51. The summed E-state index contributed by atoms with van der Waals surface area (Å²) in [6, 6.07) is 0. The molecular weight excluding hydrogens is 172 g/mol. The first kappa shape index (κ1) is 11.2. The molecule has 0 spiro atoms. The van der Waals surface area contributed by atoms with Crippen LogP contribution >= 0.6 is 0 Å². The summed E-state index contributed by atoms with van der Waals surface area (Å²) in [5.41, 5.74) is 1.36. The summed E-state index contributed by atoms with van der Waals surface area (Å²) in [7, 11) is 0. The van der Waals surface area contributed by atoms with E-state index in [1.165, 1.54) is 12.0 Å². The first-order valence-electron chi connectivity index (χ1n) is 5.64. The highest BCUT2D eigenvalue weighted by molar-refractivity contribution is 5.75. The molecule has 2 unspecified atom stereocenters. The van der Waals surface area contributed by atoms with Crippen molar-refractivity contribution < 1.29 is 4.79 Å². The second-order valence-corrected chi connectivity index (χ2v) is 3.87. The number of fused-ring (bicyclic) bond motifs is 1. The zero-order valence-corrected chi connectivity index (χ0v) is 9.42. The normalized spacial score (nSPS) is 26.9. The number of carbonyl (C=O) groups is 1. The maximum Gasteiger partial charge on any atom is 0.130 e. The SMILES string of the molecule is CC.CC(=O)CCC1=CC2CC2C=C1. The van der Waals surface area contributed by atoms with Crippen molar-refractivity contribution in [2.24, 2.45) is 11.8 Å². The third-order valence-corrected chi connectivity index (χ3v) is 2.64. The van der Waals surface area contributed by atoms with E-state index in [2.05, 4.69) is 18.2 Å². The first-order valence-corrected chi connectivity index (χ1v) is 5.64. The second-order valence-electron chi connectivity index (χ2n) is 3.87. The highest BCUT2D eigenvalue weighted by Gasteiger charge is 2.34. The van der Waals surface area contributed by atoms with Gasteiger partial charge in [-0.15, -0.1) is 0 Å². The Bertz CT molecular complexity index is 260. The Balaban J connectivity index is 0.000000461. The molecule has 0 amide bonds.